The Bertz CT molecular complexity index is 393. The van der Waals surface area contributed by atoms with Crippen LogP contribution in [-0.2, 0) is 4.74 Å². The maximum absolute atomic E-state index is 5.60. The van der Waals surface area contributed by atoms with Gasteiger partial charge in [0.1, 0.15) is 0 Å². The first kappa shape index (κ1) is 15.5. The van der Waals surface area contributed by atoms with Gasteiger partial charge in [-0.05, 0) is 25.5 Å². The van der Waals surface area contributed by atoms with Crippen LogP contribution in [0.2, 0.25) is 0 Å². The lowest BCUT2D eigenvalue weighted by molar-refractivity contribution is -0.0403. The molecule has 1 heterocycles. The third-order valence-corrected chi connectivity index (χ3v) is 4.30. The van der Waals surface area contributed by atoms with Gasteiger partial charge in [0.05, 0.1) is 13.2 Å². The van der Waals surface area contributed by atoms with Crippen LogP contribution >= 0.6 is 0 Å². The summed E-state index contributed by atoms with van der Waals surface area (Å²) in [6.07, 6.45) is 0. The average Bonchev–Trinajstić information content (AvgIpc) is 2.46. The highest BCUT2D eigenvalue weighted by Crippen LogP contribution is 2.28. The summed E-state index contributed by atoms with van der Waals surface area (Å²) in [5.74, 6) is 0.591. The van der Waals surface area contributed by atoms with Gasteiger partial charge in [0.2, 0.25) is 0 Å². The summed E-state index contributed by atoms with van der Waals surface area (Å²) >= 11 is 0. The Morgan fingerprint density at radius 2 is 1.95 bits per heavy atom. The van der Waals surface area contributed by atoms with Gasteiger partial charge < -0.3 is 10.1 Å². The lowest BCUT2D eigenvalue weighted by Gasteiger charge is -2.45. The second kappa shape index (κ2) is 7.21. The van der Waals surface area contributed by atoms with Gasteiger partial charge in [-0.1, -0.05) is 44.2 Å². The third-order valence-electron chi connectivity index (χ3n) is 4.30. The average molecular weight is 276 g/mol. The predicted molar refractivity (Wildman–Crippen MR) is 83.9 cm³/mol. The minimum absolute atomic E-state index is 0.358. The lowest BCUT2D eigenvalue weighted by atomic mass is 9.88. The summed E-state index contributed by atoms with van der Waals surface area (Å²) in [6, 6.07) is 12.1. The van der Waals surface area contributed by atoms with Crippen LogP contribution in [0.3, 0.4) is 0 Å². The quantitative estimate of drug-likeness (QED) is 0.895. The van der Waals surface area contributed by atoms with Crippen LogP contribution in [0, 0.1) is 5.92 Å². The zero-order valence-corrected chi connectivity index (χ0v) is 13.2. The molecule has 0 amide bonds. The second-order valence-corrected chi connectivity index (χ2v) is 6.07. The molecule has 2 rings (SSSR count). The number of morpholine rings is 1. The van der Waals surface area contributed by atoms with Gasteiger partial charge >= 0.3 is 0 Å². The number of nitrogens with zero attached hydrogens (tertiary/aromatic N) is 1. The molecule has 3 atom stereocenters. The first-order valence-corrected chi connectivity index (χ1v) is 7.70. The van der Waals surface area contributed by atoms with Crippen molar-refractivity contribution in [1.82, 2.24) is 10.2 Å². The lowest BCUT2D eigenvalue weighted by Crippen LogP contribution is -2.55. The maximum Gasteiger partial charge on any atom is 0.0619 e. The molecule has 1 N–H and O–H groups in total. The van der Waals surface area contributed by atoms with E-state index in [1.165, 1.54) is 5.56 Å². The molecule has 1 aliphatic heterocycles. The Balaban J connectivity index is 2.26. The molecule has 1 aliphatic rings. The van der Waals surface area contributed by atoms with Crippen LogP contribution in [0.5, 0.6) is 0 Å². The van der Waals surface area contributed by atoms with Gasteiger partial charge in [0.15, 0.2) is 0 Å². The SMILES string of the molecule is CNC(c1ccccc1)C(C(C)C)N1CCOCC1C. The largest absolute Gasteiger partial charge is 0.379 e. The summed E-state index contributed by atoms with van der Waals surface area (Å²) in [7, 11) is 2.07. The first-order chi connectivity index (χ1) is 9.65. The van der Waals surface area contributed by atoms with E-state index in [-0.39, 0.29) is 0 Å². The van der Waals surface area contributed by atoms with E-state index in [9.17, 15) is 0 Å². The molecule has 112 valence electrons. The van der Waals surface area contributed by atoms with Crippen molar-refractivity contribution in [3.63, 3.8) is 0 Å². The Hall–Kier alpha value is -0.900. The van der Waals surface area contributed by atoms with E-state index in [0.717, 1.165) is 19.8 Å². The summed E-state index contributed by atoms with van der Waals surface area (Å²) in [5, 5.41) is 3.54. The molecule has 1 fully saturated rings. The summed E-state index contributed by atoms with van der Waals surface area (Å²) in [5.41, 5.74) is 1.37. The first-order valence-electron chi connectivity index (χ1n) is 7.70. The zero-order chi connectivity index (χ0) is 14.5. The fraction of sp³-hybridized carbons (Fsp3) is 0.647. The van der Waals surface area contributed by atoms with Crippen molar-refractivity contribution >= 4 is 0 Å². The molecule has 0 aliphatic carbocycles. The van der Waals surface area contributed by atoms with Gasteiger partial charge in [0.25, 0.3) is 0 Å². The Morgan fingerprint density at radius 3 is 2.50 bits per heavy atom. The molecular formula is C17H28N2O. The van der Waals surface area contributed by atoms with Crippen LogP contribution in [0.1, 0.15) is 32.4 Å². The molecule has 0 spiro atoms. The monoisotopic (exact) mass is 276 g/mol. The molecule has 0 saturated carbocycles. The van der Waals surface area contributed by atoms with E-state index in [1.807, 2.05) is 0 Å². The molecule has 0 aromatic heterocycles. The Morgan fingerprint density at radius 1 is 1.25 bits per heavy atom. The highest BCUT2D eigenvalue weighted by atomic mass is 16.5. The van der Waals surface area contributed by atoms with Crippen molar-refractivity contribution in [2.75, 3.05) is 26.8 Å². The topological polar surface area (TPSA) is 24.5 Å². The van der Waals surface area contributed by atoms with E-state index in [2.05, 4.69) is 68.4 Å². The number of hydrogen-bond acceptors (Lipinski definition) is 3. The van der Waals surface area contributed by atoms with Crippen molar-refractivity contribution in [1.29, 1.82) is 0 Å². The molecule has 0 bridgehead atoms. The van der Waals surface area contributed by atoms with Crippen molar-refractivity contribution in [3.05, 3.63) is 35.9 Å². The number of benzene rings is 1. The van der Waals surface area contributed by atoms with Crippen molar-refractivity contribution in [2.45, 2.75) is 38.9 Å². The third kappa shape index (κ3) is 3.40. The molecular weight excluding hydrogens is 248 g/mol. The summed E-state index contributed by atoms with van der Waals surface area (Å²) < 4.78 is 5.60. The van der Waals surface area contributed by atoms with Crippen LogP contribution in [0.15, 0.2) is 30.3 Å². The van der Waals surface area contributed by atoms with Crippen molar-refractivity contribution < 1.29 is 4.74 Å². The van der Waals surface area contributed by atoms with Gasteiger partial charge in [-0.15, -0.1) is 0 Å². The number of likely N-dealkylation sites (N-methyl/N-ethyl adjacent to an activating group) is 1. The van der Waals surface area contributed by atoms with E-state index in [0.29, 0.717) is 24.0 Å². The zero-order valence-electron chi connectivity index (χ0n) is 13.2. The highest BCUT2D eigenvalue weighted by molar-refractivity contribution is 5.21. The van der Waals surface area contributed by atoms with Crippen molar-refractivity contribution in [3.8, 4) is 0 Å². The molecule has 1 aromatic carbocycles. The summed E-state index contributed by atoms with van der Waals surface area (Å²) in [4.78, 5) is 2.61. The van der Waals surface area contributed by atoms with Crippen LogP contribution in [0.25, 0.3) is 0 Å². The summed E-state index contributed by atoms with van der Waals surface area (Å²) in [6.45, 7) is 9.62. The molecule has 0 radical (unpaired) electrons. The molecule has 1 aromatic rings. The Labute approximate surface area is 123 Å². The fourth-order valence-electron chi connectivity index (χ4n) is 3.34. The smallest absolute Gasteiger partial charge is 0.0619 e. The predicted octanol–water partition coefficient (Wildman–Crippen LogP) is 2.69. The molecule has 3 nitrogen and oxygen atoms in total. The van der Waals surface area contributed by atoms with Crippen LogP contribution in [-0.4, -0.2) is 43.8 Å². The normalized spacial score (nSPS) is 23.8. The van der Waals surface area contributed by atoms with Crippen molar-refractivity contribution in [2.24, 2.45) is 5.92 Å². The minimum atomic E-state index is 0.358. The number of nitrogens with one attached hydrogen (secondary N) is 1. The maximum atomic E-state index is 5.60. The van der Waals surface area contributed by atoms with E-state index in [1.54, 1.807) is 0 Å². The van der Waals surface area contributed by atoms with E-state index < -0.39 is 0 Å². The van der Waals surface area contributed by atoms with E-state index >= 15 is 0 Å². The molecule has 3 heteroatoms. The van der Waals surface area contributed by atoms with Gasteiger partial charge in [-0.25, -0.2) is 0 Å². The molecule has 1 saturated heterocycles. The standard InChI is InChI=1S/C17H28N2O/c1-13(2)17(19-10-11-20-12-14(19)3)16(18-4)15-8-6-5-7-9-15/h5-9,13-14,16-18H,10-12H2,1-4H3. The van der Waals surface area contributed by atoms with Crippen LogP contribution in [0.4, 0.5) is 0 Å². The highest BCUT2D eigenvalue weighted by Gasteiger charge is 2.34. The van der Waals surface area contributed by atoms with Gasteiger partial charge in [0, 0.05) is 24.7 Å². The number of ether oxygens (including phenoxy) is 1. The minimum Gasteiger partial charge on any atom is -0.379 e. The van der Waals surface area contributed by atoms with Crippen LogP contribution < -0.4 is 5.32 Å². The number of rotatable bonds is 5. The second-order valence-electron chi connectivity index (χ2n) is 6.07. The molecule has 20 heavy (non-hydrogen) atoms. The van der Waals surface area contributed by atoms with Gasteiger partial charge in [-0.3, -0.25) is 4.90 Å². The molecule has 3 unspecified atom stereocenters. The number of hydrogen-bond donors (Lipinski definition) is 1. The van der Waals surface area contributed by atoms with E-state index in [4.69, 9.17) is 4.74 Å². The Kier molecular flexibility index (Phi) is 5.58. The fourth-order valence-corrected chi connectivity index (χ4v) is 3.34. The van der Waals surface area contributed by atoms with Gasteiger partial charge in [-0.2, -0.15) is 0 Å².